The normalized spacial score (nSPS) is 17.6. The molecule has 1 heterocycles. The van der Waals surface area contributed by atoms with Crippen LogP contribution in [-0.4, -0.2) is 20.0 Å². The molecule has 1 unspecified atom stereocenters. The number of allylic oxidation sites excluding steroid dienone is 1. The highest BCUT2D eigenvalue weighted by Crippen LogP contribution is 2.47. The van der Waals surface area contributed by atoms with Crippen molar-refractivity contribution in [1.82, 2.24) is 0 Å². The Hall–Kier alpha value is -3.73. The Labute approximate surface area is 194 Å². The number of ketones is 1. The van der Waals surface area contributed by atoms with Crippen molar-refractivity contribution in [2.24, 2.45) is 0 Å². The van der Waals surface area contributed by atoms with Gasteiger partial charge in [-0.25, -0.2) is 0 Å². The van der Waals surface area contributed by atoms with E-state index >= 15 is 0 Å². The number of fused-ring (bicyclic) bond motifs is 1. The van der Waals surface area contributed by atoms with E-state index in [9.17, 15) is 4.79 Å². The summed E-state index contributed by atoms with van der Waals surface area (Å²) >= 11 is 0. The maximum absolute atomic E-state index is 13.4. The van der Waals surface area contributed by atoms with Gasteiger partial charge >= 0.3 is 0 Å². The average Bonchev–Trinajstić information content (AvgIpc) is 2.99. The fraction of sp³-hybridized carbons (Fsp3) is 0.250. The van der Waals surface area contributed by atoms with E-state index in [0.717, 1.165) is 58.1 Å². The average molecular weight is 441 g/mol. The predicted octanol–water partition coefficient (Wildman–Crippen LogP) is 5.88. The van der Waals surface area contributed by atoms with E-state index in [2.05, 4.69) is 40.5 Å². The molecule has 1 aliphatic heterocycles. The molecule has 1 aliphatic carbocycles. The van der Waals surface area contributed by atoms with Crippen LogP contribution < -0.4 is 19.7 Å². The van der Waals surface area contributed by atoms with E-state index in [-0.39, 0.29) is 11.8 Å². The zero-order valence-electron chi connectivity index (χ0n) is 19.0. The summed E-state index contributed by atoms with van der Waals surface area (Å²) in [5.41, 5.74) is 6.08. The summed E-state index contributed by atoms with van der Waals surface area (Å²) in [4.78, 5) is 15.7. The third-order valence-electron chi connectivity index (χ3n) is 6.49. The molecule has 2 aliphatic rings. The summed E-state index contributed by atoms with van der Waals surface area (Å²) in [6, 6.07) is 24.2. The zero-order valence-corrected chi connectivity index (χ0v) is 19.0. The number of carbonyl (C=O) groups excluding carboxylic acids is 1. The van der Waals surface area contributed by atoms with Crippen molar-refractivity contribution in [3.63, 3.8) is 0 Å². The Bertz CT molecular complexity index is 1200. The summed E-state index contributed by atoms with van der Waals surface area (Å²) in [6.45, 7) is 0.634. The SMILES string of the molecule is COc1ccc(CN2c3ccccc3NC3=C(C(=O)CCC3)C2c2ccccc2OC)cc1. The highest BCUT2D eigenvalue weighted by atomic mass is 16.5. The van der Waals surface area contributed by atoms with E-state index in [0.29, 0.717) is 13.0 Å². The van der Waals surface area contributed by atoms with Gasteiger partial charge in [0.1, 0.15) is 11.5 Å². The Kier molecular flexibility index (Phi) is 5.78. The first-order valence-corrected chi connectivity index (χ1v) is 11.3. The number of nitrogens with zero attached hydrogens (tertiary/aromatic N) is 1. The lowest BCUT2D eigenvalue weighted by molar-refractivity contribution is -0.116. The molecular formula is C28H28N2O3. The molecule has 168 valence electrons. The summed E-state index contributed by atoms with van der Waals surface area (Å²) in [5, 5.41) is 3.62. The minimum atomic E-state index is -0.262. The minimum Gasteiger partial charge on any atom is -0.497 e. The van der Waals surface area contributed by atoms with Crippen molar-refractivity contribution in [1.29, 1.82) is 0 Å². The molecule has 0 aromatic heterocycles. The number of Topliss-reactive ketones (excluding diaryl/α,β-unsaturated/α-hetero) is 1. The van der Waals surface area contributed by atoms with Crippen molar-refractivity contribution >= 4 is 17.2 Å². The molecule has 0 amide bonds. The second-order valence-electron chi connectivity index (χ2n) is 8.43. The first-order chi connectivity index (χ1) is 16.2. The molecule has 0 radical (unpaired) electrons. The van der Waals surface area contributed by atoms with E-state index in [1.54, 1.807) is 14.2 Å². The van der Waals surface area contributed by atoms with Crippen LogP contribution in [0.3, 0.4) is 0 Å². The molecule has 0 saturated carbocycles. The number of rotatable bonds is 5. The van der Waals surface area contributed by atoms with Crippen LogP contribution in [-0.2, 0) is 11.3 Å². The van der Waals surface area contributed by atoms with Gasteiger partial charge in [0, 0.05) is 29.8 Å². The van der Waals surface area contributed by atoms with Gasteiger partial charge in [-0.3, -0.25) is 4.79 Å². The number of carbonyl (C=O) groups is 1. The number of hydrogen-bond donors (Lipinski definition) is 1. The molecule has 0 saturated heterocycles. The molecule has 5 heteroatoms. The van der Waals surface area contributed by atoms with Crippen LogP contribution >= 0.6 is 0 Å². The topological polar surface area (TPSA) is 50.8 Å². The Morgan fingerprint density at radius 3 is 2.45 bits per heavy atom. The third-order valence-corrected chi connectivity index (χ3v) is 6.49. The van der Waals surface area contributed by atoms with Crippen molar-refractivity contribution in [3.8, 4) is 11.5 Å². The highest BCUT2D eigenvalue weighted by molar-refractivity contribution is 6.00. The Balaban J connectivity index is 1.72. The van der Waals surface area contributed by atoms with Crippen molar-refractivity contribution < 1.29 is 14.3 Å². The van der Waals surface area contributed by atoms with Gasteiger partial charge in [0.15, 0.2) is 5.78 Å². The lowest BCUT2D eigenvalue weighted by Gasteiger charge is -2.36. The van der Waals surface area contributed by atoms with E-state index in [1.807, 2.05) is 42.5 Å². The van der Waals surface area contributed by atoms with Gasteiger partial charge in [-0.15, -0.1) is 0 Å². The number of nitrogens with one attached hydrogen (secondary N) is 1. The third kappa shape index (κ3) is 3.95. The number of benzene rings is 3. The van der Waals surface area contributed by atoms with Crippen LogP contribution in [0.1, 0.15) is 36.4 Å². The zero-order chi connectivity index (χ0) is 22.8. The molecule has 0 spiro atoms. The summed E-state index contributed by atoms with van der Waals surface area (Å²) in [7, 11) is 3.36. The summed E-state index contributed by atoms with van der Waals surface area (Å²) in [6.07, 6.45) is 2.29. The number of para-hydroxylation sites is 3. The maximum atomic E-state index is 13.4. The second kappa shape index (κ2) is 9.02. The number of ether oxygens (including phenoxy) is 2. The van der Waals surface area contributed by atoms with Gasteiger partial charge in [-0.05, 0) is 48.7 Å². The standard InChI is InChI=1S/C28H28N2O3/c1-32-20-16-14-19(15-17-20)18-30-24-11-5-4-9-22(24)29-23-10-7-12-25(31)27(23)28(30)21-8-3-6-13-26(21)33-2/h3-6,8-9,11,13-17,28-29H,7,10,12,18H2,1-2H3. The molecule has 3 aromatic carbocycles. The summed E-state index contributed by atoms with van der Waals surface area (Å²) < 4.78 is 11.1. The number of anilines is 2. The maximum Gasteiger partial charge on any atom is 0.163 e. The van der Waals surface area contributed by atoms with Crippen molar-refractivity contribution in [3.05, 3.63) is 95.2 Å². The second-order valence-corrected chi connectivity index (χ2v) is 8.43. The van der Waals surface area contributed by atoms with Gasteiger partial charge in [0.2, 0.25) is 0 Å². The monoisotopic (exact) mass is 440 g/mol. The first kappa shape index (κ1) is 21.1. The molecule has 33 heavy (non-hydrogen) atoms. The predicted molar refractivity (Wildman–Crippen MR) is 131 cm³/mol. The molecule has 5 nitrogen and oxygen atoms in total. The Morgan fingerprint density at radius 2 is 1.67 bits per heavy atom. The molecule has 1 N–H and O–H groups in total. The van der Waals surface area contributed by atoms with Gasteiger partial charge in [-0.1, -0.05) is 42.5 Å². The Morgan fingerprint density at radius 1 is 0.909 bits per heavy atom. The van der Waals surface area contributed by atoms with E-state index < -0.39 is 0 Å². The molecule has 5 rings (SSSR count). The molecule has 0 bridgehead atoms. The van der Waals surface area contributed by atoms with Gasteiger partial charge < -0.3 is 19.7 Å². The largest absolute Gasteiger partial charge is 0.497 e. The molecular weight excluding hydrogens is 412 g/mol. The van der Waals surface area contributed by atoms with Gasteiger partial charge in [0.05, 0.1) is 31.6 Å². The van der Waals surface area contributed by atoms with Crippen LogP contribution in [0.25, 0.3) is 0 Å². The van der Waals surface area contributed by atoms with Crippen LogP contribution in [0.2, 0.25) is 0 Å². The fourth-order valence-electron chi connectivity index (χ4n) is 4.92. The smallest absolute Gasteiger partial charge is 0.163 e. The van der Waals surface area contributed by atoms with Gasteiger partial charge in [-0.2, -0.15) is 0 Å². The molecule has 0 fully saturated rings. The molecule has 1 atom stereocenters. The van der Waals surface area contributed by atoms with Crippen LogP contribution in [0, 0.1) is 0 Å². The van der Waals surface area contributed by atoms with Gasteiger partial charge in [0.25, 0.3) is 0 Å². The lowest BCUT2D eigenvalue weighted by Crippen LogP contribution is -2.33. The number of hydrogen-bond acceptors (Lipinski definition) is 5. The fourth-order valence-corrected chi connectivity index (χ4v) is 4.92. The minimum absolute atomic E-state index is 0.201. The van der Waals surface area contributed by atoms with Crippen LogP contribution in [0.4, 0.5) is 11.4 Å². The number of methoxy groups -OCH3 is 2. The van der Waals surface area contributed by atoms with E-state index in [4.69, 9.17) is 9.47 Å². The molecule has 3 aromatic rings. The van der Waals surface area contributed by atoms with Crippen LogP contribution in [0.5, 0.6) is 11.5 Å². The quantitative estimate of drug-likeness (QED) is 0.537. The first-order valence-electron chi connectivity index (χ1n) is 11.3. The summed E-state index contributed by atoms with van der Waals surface area (Å²) in [5.74, 6) is 1.81. The lowest BCUT2D eigenvalue weighted by atomic mass is 9.85. The van der Waals surface area contributed by atoms with Crippen molar-refractivity contribution in [2.45, 2.75) is 31.8 Å². The highest BCUT2D eigenvalue weighted by Gasteiger charge is 2.37. The van der Waals surface area contributed by atoms with Crippen molar-refractivity contribution in [2.75, 3.05) is 24.4 Å². The van der Waals surface area contributed by atoms with Crippen LogP contribution in [0.15, 0.2) is 84.1 Å². The van der Waals surface area contributed by atoms with E-state index in [1.165, 1.54) is 0 Å².